The predicted octanol–water partition coefficient (Wildman–Crippen LogP) is 3.29. The highest BCUT2D eigenvalue weighted by molar-refractivity contribution is 5.03. The lowest BCUT2D eigenvalue weighted by Gasteiger charge is -2.34. The third kappa shape index (κ3) is 3.32. The van der Waals surface area contributed by atoms with E-state index in [0.29, 0.717) is 6.04 Å². The van der Waals surface area contributed by atoms with Crippen LogP contribution in [0.4, 0.5) is 0 Å². The van der Waals surface area contributed by atoms with Crippen molar-refractivity contribution in [1.29, 1.82) is 0 Å². The van der Waals surface area contributed by atoms with Crippen molar-refractivity contribution in [1.82, 2.24) is 10.5 Å². The molecule has 0 unspecified atom stereocenters. The molecule has 1 saturated carbocycles. The Morgan fingerprint density at radius 2 is 2.18 bits per heavy atom. The van der Waals surface area contributed by atoms with E-state index in [9.17, 15) is 0 Å². The molecule has 2 atom stereocenters. The molecular weight excluding hydrogens is 212 g/mol. The zero-order valence-corrected chi connectivity index (χ0v) is 11.2. The highest BCUT2D eigenvalue weighted by atomic mass is 16.5. The Hall–Kier alpha value is -0.830. The molecule has 0 saturated heterocycles. The van der Waals surface area contributed by atoms with Crippen LogP contribution in [-0.4, -0.2) is 11.2 Å². The molecule has 0 aromatic carbocycles. The number of nitrogens with zero attached hydrogens (tertiary/aromatic N) is 1. The van der Waals surface area contributed by atoms with Crippen LogP contribution >= 0.6 is 0 Å². The summed E-state index contributed by atoms with van der Waals surface area (Å²) in [6.07, 6.45) is 5.43. The van der Waals surface area contributed by atoms with Gasteiger partial charge in [-0.1, -0.05) is 31.8 Å². The summed E-state index contributed by atoms with van der Waals surface area (Å²) >= 11 is 0. The van der Waals surface area contributed by atoms with Crippen LogP contribution in [0.2, 0.25) is 0 Å². The molecule has 1 aromatic rings. The summed E-state index contributed by atoms with van der Waals surface area (Å²) in [5.74, 6) is 2.48. The summed E-state index contributed by atoms with van der Waals surface area (Å²) in [6.45, 7) is 7.45. The van der Waals surface area contributed by atoms with Gasteiger partial charge >= 0.3 is 0 Å². The van der Waals surface area contributed by atoms with Crippen LogP contribution < -0.4 is 5.32 Å². The second kappa shape index (κ2) is 5.67. The average Bonchev–Trinajstić information content (AvgIpc) is 2.73. The molecular formula is C14H24N2O. The Balaban J connectivity index is 1.88. The van der Waals surface area contributed by atoms with Gasteiger partial charge in [-0.25, -0.2) is 0 Å². The quantitative estimate of drug-likeness (QED) is 0.871. The number of hydrogen-bond donors (Lipinski definition) is 1. The number of aromatic nitrogens is 1. The van der Waals surface area contributed by atoms with Gasteiger partial charge in [0.15, 0.2) is 0 Å². The lowest BCUT2D eigenvalue weighted by Crippen LogP contribution is -2.40. The van der Waals surface area contributed by atoms with Crippen molar-refractivity contribution in [2.75, 3.05) is 0 Å². The second-order valence-electron chi connectivity index (χ2n) is 5.61. The highest BCUT2D eigenvalue weighted by Gasteiger charge is 2.27. The maximum Gasteiger partial charge on any atom is 0.133 e. The molecule has 1 aromatic heterocycles. The molecule has 1 aliphatic carbocycles. The molecule has 0 aliphatic heterocycles. The standard InChI is InChI=1S/C14H24N2O/c1-10(2)13-6-4-5-7-14(13)15-9-12-8-11(3)17-16-12/h8,10,13-15H,4-7,9H2,1-3H3/t13-,14+/m0/s1. The SMILES string of the molecule is Cc1cc(CN[C@@H]2CCCC[C@H]2C(C)C)no1. The monoisotopic (exact) mass is 236 g/mol. The number of hydrogen-bond acceptors (Lipinski definition) is 3. The van der Waals surface area contributed by atoms with Crippen LogP contribution in [0.1, 0.15) is 51.0 Å². The summed E-state index contributed by atoms with van der Waals surface area (Å²) in [4.78, 5) is 0. The average molecular weight is 236 g/mol. The summed E-state index contributed by atoms with van der Waals surface area (Å²) in [5, 5.41) is 7.69. The van der Waals surface area contributed by atoms with E-state index in [4.69, 9.17) is 4.52 Å². The predicted molar refractivity (Wildman–Crippen MR) is 68.7 cm³/mol. The van der Waals surface area contributed by atoms with Crippen LogP contribution in [0.5, 0.6) is 0 Å². The first-order valence-electron chi connectivity index (χ1n) is 6.82. The summed E-state index contributed by atoms with van der Waals surface area (Å²) in [7, 11) is 0. The van der Waals surface area contributed by atoms with E-state index in [1.54, 1.807) is 0 Å². The normalized spacial score (nSPS) is 25.4. The molecule has 0 spiro atoms. The smallest absolute Gasteiger partial charge is 0.133 e. The molecule has 1 heterocycles. The van der Waals surface area contributed by atoms with Gasteiger partial charge in [0, 0.05) is 18.7 Å². The lowest BCUT2D eigenvalue weighted by atomic mass is 9.78. The van der Waals surface area contributed by atoms with Gasteiger partial charge in [-0.3, -0.25) is 0 Å². The molecule has 2 rings (SSSR count). The first-order chi connectivity index (χ1) is 8.16. The van der Waals surface area contributed by atoms with Crippen molar-refractivity contribution >= 4 is 0 Å². The molecule has 0 amide bonds. The Labute approximate surface area is 104 Å². The van der Waals surface area contributed by atoms with Crippen LogP contribution in [-0.2, 0) is 6.54 Å². The zero-order valence-electron chi connectivity index (χ0n) is 11.2. The van der Waals surface area contributed by atoms with Crippen molar-refractivity contribution in [2.45, 2.75) is 59.0 Å². The van der Waals surface area contributed by atoms with Gasteiger partial charge in [0.1, 0.15) is 5.76 Å². The van der Waals surface area contributed by atoms with Gasteiger partial charge in [-0.05, 0) is 31.6 Å². The van der Waals surface area contributed by atoms with E-state index >= 15 is 0 Å². The van der Waals surface area contributed by atoms with Crippen LogP contribution in [0.15, 0.2) is 10.6 Å². The third-order valence-corrected chi connectivity index (χ3v) is 3.90. The van der Waals surface area contributed by atoms with Gasteiger partial charge in [0.05, 0.1) is 5.69 Å². The number of rotatable bonds is 4. The van der Waals surface area contributed by atoms with E-state index in [1.807, 2.05) is 13.0 Å². The largest absolute Gasteiger partial charge is 0.361 e. The topological polar surface area (TPSA) is 38.1 Å². The van der Waals surface area contributed by atoms with E-state index in [0.717, 1.165) is 29.8 Å². The van der Waals surface area contributed by atoms with E-state index in [1.165, 1.54) is 25.7 Å². The van der Waals surface area contributed by atoms with Crippen molar-refractivity contribution < 1.29 is 4.52 Å². The fourth-order valence-electron chi connectivity index (χ4n) is 2.95. The zero-order chi connectivity index (χ0) is 12.3. The van der Waals surface area contributed by atoms with Gasteiger partial charge < -0.3 is 9.84 Å². The molecule has 3 nitrogen and oxygen atoms in total. The summed E-state index contributed by atoms with van der Waals surface area (Å²) < 4.78 is 5.09. The van der Waals surface area contributed by atoms with Crippen molar-refractivity contribution in [3.8, 4) is 0 Å². The maximum absolute atomic E-state index is 5.09. The molecule has 3 heteroatoms. The van der Waals surface area contributed by atoms with E-state index in [-0.39, 0.29) is 0 Å². The molecule has 1 aliphatic rings. The van der Waals surface area contributed by atoms with Gasteiger partial charge in [-0.15, -0.1) is 0 Å². The van der Waals surface area contributed by atoms with Crippen LogP contribution in [0.3, 0.4) is 0 Å². The number of aryl methyl sites for hydroxylation is 1. The van der Waals surface area contributed by atoms with Gasteiger partial charge in [0.25, 0.3) is 0 Å². The van der Waals surface area contributed by atoms with E-state index in [2.05, 4.69) is 24.3 Å². The highest BCUT2D eigenvalue weighted by Crippen LogP contribution is 2.30. The van der Waals surface area contributed by atoms with Gasteiger partial charge in [0.2, 0.25) is 0 Å². The molecule has 1 N–H and O–H groups in total. The Morgan fingerprint density at radius 3 is 2.82 bits per heavy atom. The summed E-state index contributed by atoms with van der Waals surface area (Å²) in [6, 6.07) is 2.67. The van der Waals surface area contributed by atoms with Crippen LogP contribution in [0.25, 0.3) is 0 Å². The molecule has 0 radical (unpaired) electrons. The lowest BCUT2D eigenvalue weighted by molar-refractivity contribution is 0.203. The van der Waals surface area contributed by atoms with Gasteiger partial charge in [-0.2, -0.15) is 0 Å². The summed E-state index contributed by atoms with van der Waals surface area (Å²) in [5.41, 5.74) is 1.02. The Kier molecular flexibility index (Phi) is 4.21. The van der Waals surface area contributed by atoms with Crippen molar-refractivity contribution in [2.24, 2.45) is 11.8 Å². The first kappa shape index (κ1) is 12.6. The minimum absolute atomic E-state index is 0.653. The molecule has 0 bridgehead atoms. The van der Waals surface area contributed by atoms with E-state index < -0.39 is 0 Å². The second-order valence-corrected chi connectivity index (χ2v) is 5.61. The minimum Gasteiger partial charge on any atom is -0.361 e. The number of nitrogens with one attached hydrogen (secondary N) is 1. The molecule has 1 fully saturated rings. The van der Waals surface area contributed by atoms with Crippen LogP contribution in [0, 0.1) is 18.8 Å². The Bertz CT molecular complexity index is 346. The minimum atomic E-state index is 0.653. The fraction of sp³-hybridized carbons (Fsp3) is 0.786. The maximum atomic E-state index is 5.09. The van der Waals surface area contributed by atoms with Crippen molar-refractivity contribution in [3.05, 3.63) is 17.5 Å². The molecule has 96 valence electrons. The Morgan fingerprint density at radius 1 is 1.41 bits per heavy atom. The van der Waals surface area contributed by atoms with Crippen molar-refractivity contribution in [3.63, 3.8) is 0 Å². The third-order valence-electron chi connectivity index (χ3n) is 3.90. The molecule has 17 heavy (non-hydrogen) atoms. The first-order valence-corrected chi connectivity index (χ1v) is 6.82. The fourth-order valence-corrected chi connectivity index (χ4v) is 2.95.